The lowest BCUT2D eigenvalue weighted by molar-refractivity contribution is -0.130. The van der Waals surface area contributed by atoms with Crippen LogP contribution in [0.25, 0.3) is 0 Å². The third kappa shape index (κ3) is 2.64. The monoisotopic (exact) mass is 343 g/mol. The van der Waals surface area contributed by atoms with Gasteiger partial charge in [-0.3, -0.25) is 15.1 Å². The smallest absolute Gasteiger partial charge is 0.264 e. The van der Waals surface area contributed by atoms with Gasteiger partial charge in [-0.05, 0) is 29.5 Å². The van der Waals surface area contributed by atoms with Crippen LogP contribution in [0.2, 0.25) is 0 Å². The maximum absolute atomic E-state index is 13.6. The van der Waals surface area contributed by atoms with Gasteiger partial charge in [0.1, 0.15) is 0 Å². The van der Waals surface area contributed by atoms with E-state index in [9.17, 15) is 4.79 Å². The van der Waals surface area contributed by atoms with E-state index in [0.29, 0.717) is 6.54 Å². The number of carbonyl (C=O) groups is 1. The first-order valence-corrected chi connectivity index (χ1v) is 8.87. The molecule has 1 aliphatic carbocycles. The van der Waals surface area contributed by atoms with E-state index in [1.807, 2.05) is 66.7 Å². The second-order valence-electron chi connectivity index (χ2n) is 6.61. The van der Waals surface area contributed by atoms with E-state index in [-0.39, 0.29) is 11.9 Å². The second-order valence-corrected chi connectivity index (χ2v) is 6.61. The predicted octanol–water partition coefficient (Wildman–Crippen LogP) is 3.73. The molecule has 1 fully saturated rings. The van der Waals surface area contributed by atoms with Gasteiger partial charge in [0, 0.05) is 0 Å². The van der Waals surface area contributed by atoms with E-state index >= 15 is 0 Å². The summed E-state index contributed by atoms with van der Waals surface area (Å²) in [7, 11) is 0. The fraction of sp³-hybridized carbons (Fsp3) is 0.182. The number of hydrogen-bond donors (Lipinski definition) is 2. The number of nitrogens with zero attached hydrogens (tertiary/aromatic N) is 1. The molecule has 1 unspecified atom stereocenters. The van der Waals surface area contributed by atoms with E-state index < -0.39 is 5.54 Å². The number of amides is 1. The van der Waals surface area contributed by atoms with Crippen molar-refractivity contribution in [2.75, 3.05) is 0 Å². The van der Waals surface area contributed by atoms with Crippen molar-refractivity contribution < 1.29 is 4.79 Å². The summed E-state index contributed by atoms with van der Waals surface area (Å²) in [6, 6.07) is 19.5. The fourth-order valence-electron chi connectivity index (χ4n) is 3.66. The Hall–Kier alpha value is -3.14. The highest BCUT2D eigenvalue weighted by Gasteiger charge is 2.52. The van der Waals surface area contributed by atoms with Crippen LogP contribution in [0, 0.1) is 5.41 Å². The van der Waals surface area contributed by atoms with Crippen molar-refractivity contribution in [1.82, 2.24) is 10.2 Å². The highest BCUT2D eigenvalue weighted by Crippen LogP contribution is 2.38. The molecule has 130 valence electrons. The van der Waals surface area contributed by atoms with Gasteiger partial charge in [0.15, 0.2) is 11.5 Å². The Morgan fingerprint density at radius 2 is 1.69 bits per heavy atom. The summed E-state index contributed by atoms with van der Waals surface area (Å²) < 4.78 is 0. The first-order valence-electron chi connectivity index (χ1n) is 8.87. The number of hydrogen-bond acceptors (Lipinski definition) is 2. The maximum atomic E-state index is 13.6. The van der Waals surface area contributed by atoms with Crippen molar-refractivity contribution in [2.45, 2.75) is 24.9 Å². The zero-order valence-electron chi connectivity index (χ0n) is 14.5. The zero-order valence-corrected chi connectivity index (χ0v) is 14.5. The molecule has 2 aromatic rings. The molecule has 26 heavy (non-hydrogen) atoms. The Kier molecular flexibility index (Phi) is 4.17. The molecule has 0 radical (unpaired) electrons. The standard InChI is InChI=1S/C22H21N3O/c23-21-24-22(18-12-6-2-7-13-18,19-14-8-3-9-15-19)20(26)25(21)16-17-10-4-1-5-11-17/h1-2,4-8,10-15H,3,9,16H2,(H2,23,24). The molecular formula is C22H21N3O. The second kappa shape index (κ2) is 6.64. The van der Waals surface area contributed by atoms with Gasteiger partial charge in [-0.15, -0.1) is 0 Å². The molecule has 0 bridgehead atoms. The molecule has 2 aliphatic rings. The van der Waals surface area contributed by atoms with Gasteiger partial charge < -0.3 is 5.32 Å². The molecule has 0 spiro atoms. The number of carbonyl (C=O) groups excluding carboxylic acids is 1. The van der Waals surface area contributed by atoms with Gasteiger partial charge >= 0.3 is 0 Å². The van der Waals surface area contributed by atoms with E-state index in [0.717, 1.165) is 29.5 Å². The third-order valence-electron chi connectivity index (χ3n) is 4.96. The van der Waals surface area contributed by atoms with Crippen molar-refractivity contribution in [2.24, 2.45) is 0 Å². The van der Waals surface area contributed by atoms with Crippen LogP contribution in [-0.4, -0.2) is 16.8 Å². The van der Waals surface area contributed by atoms with E-state index in [1.54, 1.807) is 0 Å². The van der Waals surface area contributed by atoms with Crippen molar-refractivity contribution >= 4 is 11.9 Å². The van der Waals surface area contributed by atoms with Crippen LogP contribution in [0.3, 0.4) is 0 Å². The van der Waals surface area contributed by atoms with E-state index in [1.165, 1.54) is 4.90 Å². The summed E-state index contributed by atoms with van der Waals surface area (Å²) in [6.45, 7) is 0.386. The summed E-state index contributed by atoms with van der Waals surface area (Å²) in [6.07, 6.45) is 8.10. The minimum Gasteiger partial charge on any atom is -0.334 e. The Morgan fingerprint density at radius 1 is 1.00 bits per heavy atom. The van der Waals surface area contributed by atoms with E-state index in [2.05, 4.69) is 17.5 Å². The quantitative estimate of drug-likeness (QED) is 0.889. The van der Waals surface area contributed by atoms with E-state index in [4.69, 9.17) is 5.41 Å². The average molecular weight is 343 g/mol. The summed E-state index contributed by atoms with van der Waals surface area (Å²) in [5.41, 5.74) is 1.76. The van der Waals surface area contributed by atoms with Crippen LogP contribution in [-0.2, 0) is 16.9 Å². The summed E-state index contributed by atoms with van der Waals surface area (Å²) in [5.74, 6) is 0.0398. The topological polar surface area (TPSA) is 56.2 Å². The van der Waals surface area contributed by atoms with Crippen LogP contribution in [0.1, 0.15) is 24.0 Å². The minimum absolute atomic E-state index is 0.102. The molecule has 1 amide bonds. The Labute approximate surface area is 153 Å². The molecule has 1 saturated heterocycles. The summed E-state index contributed by atoms with van der Waals surface area (Å²) in [4.78, 5) is 15.1. The number of guanidine groups is 1. The molecule has 2 N–H and O–H groups in total. The lowest BCUT2D eigenvalue weighted by atomic mass is 9.80. The normalized spacial score (nSPS) is 22.3. The van der Waals surface area contributed by atoms with Crippen molar-refractivity contribution in [3.63, 3.8) is 0 Å². The molecular weight excluding hydrogens is 322 g/mol. The lowest BCUT2D eigenvalue weighted by Gasteiger charge is -2.30. The Bertz CT molecular complexity index is 886. The summed E-state index contributed by atoms with van der Waals surface area (Å²) in [5, 5.41) is 11.7. The van der Waals surface area contributed by atoms with Crippen LogP contribution in [0.15, 0.2) is 84.5 Å². The highest BCUT2D eigenvalue weighted by molar-refractivity contribution is 6.10. The largest absolute Gasteiger partial charge is 0.334 e. The summed E-state index contributed by atoms with van der Waals surface area (Å²) >= 11 is 0. The van der Waals surface area contributed by atoms with Crippen LogP contribution in [0.5, 0.6) is 0 Å². The minimum atomic E-state index is -1.02. The highest BCUT2D eigenvalue weighted by atomic mass is 16.2. The van der Waals surface area contributed by atoms with Gasteiger partial charge in [0.25, 0.3) is 5.91 Å². The van der Waals surface area contributed by atoms with Crippen LogP contribution in [0.4, 0.5) is 0 Å². The molecule has 2 aromatic carbocycles. The molecule has 0 aromatic heterocycles. The molecule has 4 heteroatoms. The zero-order chi connectivity index (χ0) is 18.0. The number of allylic oxidation sites excluding steroid dienone is 2. The first kappa shape index (κ1) is 16.3. The fourth-order valence-corrected chi connectivity index (χ4v) is 3.66. The molecule has 4 nitrogen and oxygen atoms in total. The first-order chi connectivity index (χ1) is 12.7. The number of benzene rings is 2. The van der Waals surface area contributed by atoms with Gasteiger partial charge in [0.05, 0.1) is 6.54 Å². The van der Waals surface area contributed by atoms with Gasteiger partial charge in [0.2, 0.25) is 0 Å². The molecule has 1 atom stereocenters. The third-order valence-corrected chi connectivity index (χ3v) is 4.96. The predicted molar refractivity (Wildman–Crippen MR) is 102 cm³/mol. The van der Waals surface area contributed by atoms with Crippen LogP contribution < -0.4 is 5.32 Å². The number of nitrogens with one attached hydrogen (secondary N) is 2. The molecule has 0 saturated carbocycles. The molecule has 1 heterocycles. The van der Waals surface area contributed by atoms with Crippen molar-refractivity contribution in [3.05, 3.63) is 95.6 Å². The van der Waals surface area contributed by atoms with Crippen molar-refractivity contribution in [3.8, 4) is 0 Å². The molecule has 1 aliphatic heterocycles. The van der Waals surface area contributed by atoms with Gasteiger partial charge in [-0.25, -0.2) is 0 Å². The average Bonchev–Trinajstić information content (AvgIpc) is 2.96. The maximum Gasteiger partial charge on any atom is 0.264 e. The lowest BCUT2D eigenvalue weighted by Crippen LogP contribution is -2.45. The van der Waals surface area contributed by atoms with Crippen LogP contribution >= 0.6 is 0 Å². The van der Waals surface area contributed by atoms with Gasteiger partial charge in [-0.1, -0.05) is 78.9 Å². The molecule has 4 rings (SSSR count). The number of rotatable bonds is 4. The Balaban J connectivity index is 1.78. The van der Waals surface area contributed by atoms with Crippen molar-refractivity contribution in [1.29, 1.82) is 5.41 Å². The Morgan fingerprint density at radius 3 is 2.35 bits per heavy atom. The van der Waals surface area contributed by atoms with Gasteiger partial charge in [-0.2, -0.15) is 0 Å². The SMILES string of the molecule is N=C1NC(C2=CCCC=C2)(c2ccccc2)C(=O)N1Cc1ccccc1.